The van der Waals surface area contributed by atoms with Gasteiger partial charge in [0, 0.05) is 36.3 Å². The fraction of sp³-hybridized carbons (Fsp3) is 0.314. The van der Waals surface area contributed by atoms with E-state index in [1.807, 2.05) is 67.6 Å². The predicted molar refractivity (Wildman–Crippen MR) is 174 cm³/mol. The Labute approximate surface area is 268 Å². The van der Waals surface area contributed by atoms with Crippen LogP contribution in [0.5, 0.6) is 17.2 Å². The Balaban J connectivity index is 1.25. The smallest absolute Gasteiger partial charge is 0.251 e. The van der Waals surface area contributed by atoms with Crippen LogP contribution in [0.25, 0.3) is 17.5 Å². The summed E-state index contributed by atoms with van der Waals surface area (Å²) in [5, 5.41) is 10.9. The lowest BCUT2D eigenvalue weighted by molar-refractivity contribution is -0.122. The molecular weight excluding hydrogens is 584 g/mol. The van der Waals surface area contributed by atoms with Crippen LogP contribution in [0.1, 0.15) is 41.1 Å². The standard InChI is InChI=1S/C35H38N6O5/c1-24-34-38-33(26-8-4-3-5-9-26)39-41(34)16-17-45-30-11-6-10-27(19-30)35(43)36-14-7-15-40(22-32(42)37-24)21-25-18-28-20-29(44-2)12-13-31(28)46-23-25/h3-6,8-13,18-20,24H,7,14-17,21-23H2,1-2H3,(H,36,43)(H,37,42)/t24-/m0/s1. The highest BCUT2D eigenvalue weighted by Gasteiger charge is 2.22. The second-order valence-corrected chi connectivity index (χ2v) is 11.4. The van der Waals surface area contributed by atoms with Gasteiger partial charge in [-0.2, -0.15) is 5.10 Å². The minimum Gasteiger partial charge on any atom is -0.497 e. The van der Waals surface area contributed by atoms with E-state index in [0.29, 0.717) is 68.8 Å². The molecule has 0 saturated carbocycles. The topological polar surface area (TPSA) is 120 Å². The molecule has 0 aliphatic carbocycles. The van der Waals surface area contributed by atoms with Crippen LogP contribution < -0.4 is 24.8 Å². The first-order valence-electron chi connectivity index (χ1n) is 15.5. The summed E-state index contributed by atoms with van der Waals surface area (Å²) in [4.78, 5) is 33.3. The third kappa shape index (κ3) is 7.55. The summed E-state index contributed by atoms with van der Waals surface area (Å²) >= 11 is 0. The molecule has 238 valence electrons. The van der Waals surface area contributed by atoms with E-state index in [-0.39, 0.29) is 18.4 Å². The molecule has 0 spiro atoms. The fourth-order valence-electron chi connectivity index (χ4n) is 5.61. The molecule has 2 bridgehead atoms. The molecule has 2 aliphatic rings. The average Bonchev–Trinajstić information content (AvgIpc) is 3.50. The molecule has 6 rings (SSSR count). The number of amides is 2. The quantitative estimate of drug-likeness (QED) is 0.349. The van der Waals surface area contributed by atoms with Crippen molar-refractivity contribution in [3.05, 3.63) is 95.3 Å². The number of methoxy groups -OCH3 is 1. The number of ether oxygens (including phenoxy) is 3. The highest BCUT2D eigenvalue weighted by Crippen LogP contribution is 2.30. The normalized spacial score (nSPS) is 17.9. The molecule has 2 N–H and O–H groups in total. The van der Waals surface area contributed by atoms with E-state index in [1.54, 1.807) is 23.9 Å². The van der Waals surface area contributed by atoms with Crippen LogP contribution in [0.2, 0.25) is 0 Å². The van der Waals surface area contributed by atoms with E-state index in [2.05, 4.69) is 21.6 Å². The van der Waals surface area contributed by atoms with Crippen LogP contribution in [-0.4, -0.2) is 78.0 Å². The van der Waals surface area contributed by atoms with E-state index in [4.69, 9.17) is 24.3 Å². The van der Waals surface area contributed by atoms with E-state index in [9.17, 15) is 9.59 Å². The molecule has 46 heavy (non-hydrogen) atoms. The molecule has 11 nitrogen and oxygen atoms in total. The van der Waals surface area contributed by atoms with Crippen LogP contribution in [0, 0.1) is 0 Å². The number of benzene rings is 3. The maximum atomic E-state index is 13.5. The van der Waals surface area contributed by atoms with Gasteiger partial charge in [0.05, 0.1) is 26.2 Å². The Morgan fingerprint density at radius 2 is 1.83 bits per heavy atom. The Kier molecular flexibility index (Phi) is 9.59. The molecular formula is C35H38N6O5. The molecule has 4 aromatic rings. The molecule has 1 atom stereocenters. The van der Waals surface area contributed by atoms with Gasteiger partial charge < -0.3 is 24.8 Å². The van der Waals surface area contributed by atoms with Crippen molar-refractivity contribution in [2.24, 2.45) is 0 Å². The van der Waals surface area contributed by atoms with Gasteiger partial charge in [-0.1, -0.05) is 36.4 Å². The van der Waals surface area contributed by atoms with Crippen molar-refractivity contribution >= 4 is 17.9 Å². The fourth-order valence-corrected chi connectivity index (χ4v) is 5.61. The number of aromatic nitrogens is 3. The first kappa shape index (κ1) is 30.8. The van der Waals surface area contributed by atoms with Gasteiger partial charge in [0.15, 0.2) is 5.82 Å². The van der Waals surface area contributed by atoms with E-state index < -0.39 is 6.04 Å². The lowest BCUT2D eigenvalue weighted by Crippen LogP contribution is -2.41. The number of carbonyl (C=O) groups excluding carboxylic acids is 2. The zero-order chi connectivity index (χ0) is 31.9. The van der Waals surface area contributed by atoms with Gasteiger partial charge in [0.2, 0.25) is 5.91 Å². The average molecular weight is 623 g/mol. The SMILES string of the molecule is COc1ccc2c(c1)C=C(CN1CCCNC(=O)c3cccc(c3)OCCn3nc(-c4ccccc4)nc3[C@H](C)NC(=O)C1)CO2. The number of hydrogen-bond acceptors (Lipinski definition) is 8. The molecule has 2 aliphatic heterocycles. The molecule has 3 aromatic carbocycles. The van der Waals surface area contributed by atoms with Crippen molar-refractivity contribution < 1.29 is 23.8 Å². The second-order valence-electron chi connectivity index (χ2n) is 11.4. The van der Waals surface area contributed by atoms with Crippen LogP contribution in [-0.2, 0) is 11.3 Å². The minimum absolute atomic E-state index is 0.140. The predicted octanol–water partition coefficient (Wildman–Crippen LogP) is 4.12. The molecule has 2 amide bonds. The Morgan fingerprint density at radius 3 is 2.67 bits per heavy atom. The molecule has 0 radical (unpaired) electrons. The Hall–Kier alpha value is -5.16. The van der Waals surface area contributed by atoms with Crippen LogP contribution >= 0.6 is 0 Å². The zero-order valence-electron chi connectivity index (χ0n) is 26.1. The largest absolute Gasteiger partial charge is 0.497 e. The molecule has 0 unspecified atom stereocenters. The first-order chi connectivity index (χ1) is 22.4. The van der Waals surface area contributed by atoms with E-state index in [0.717, 1.165) is 28.2 Å². The van der Waals surface area contributed by atoms with Crippen LogP contribution in [0.15, 0.2) is 78.4 Å². The van der Waals surface area contributed by atoms with Crippen molar-refractivity contribution in [2.45, 2.75) is 25.9 Å². The Bertz CT molecular complexity index is 1720. The van der Waals surface area contributed by atoms with Gasteiger partial charge >= 0.3 is 0 Å². The van der Waals surface area contributed by atoms with Crippen molar-refractivity contribution in [3.63, 3.8) is 0 Å². The third-order valence-electron chi connectivity index (χ3n) is 7.89. The molecule has 1 aromatic heterocycles. The van der Waals surface area contributed by atoms with Gasteiger partial charge in [-0.05, 0) is 61.4 Å². The van der Waals surface area contributed by atoms with Gasteiger partial charge in [-0.3, -0.25) is 14.5 Å². The van der Waals surface area contributed by atoms with Crippen molar-refractivity contribution in [1.82, 2.24) is 30.3 Å². The summed E-state index contributed by atoms with van der Waals surface area (Å²) in [6.07, 6.45) is 2.75. The van der Waals surface area contributed by atoms with Crippen molar-refractivity contribution in [2.75, 3.05) is 46.5 Å². The maximum absolute atomic E-state index is 13.5. The van der Waals surface area contributed by atoms with Gasteiger partial charge in [0.1, 0.15) is 36.3 Å². The van der Waals surface area contributed by atoms with E-state index >= 15 is 0 Å². The third-order valence-corrected chi connectivity index (χ3v) is 7.89. The summed E-state index contributed by atoms with van der Waals surface area (Å²) in [5.41, 5.74) is 3.38. The maximum Gasteiger partial charge on any atom is 0.251 e. The summed E-state index contributed by atoms with van der Waals surface area (Å²) in [5.74, 6) is 3.03. The van der Waals surface area contributed by atoms with E-state index in [1.165, 1.54) is 0 Å². The van der Waals surface area contributed by atoms with Crippen molar-refractivity contribution in [3.8, 4) is 28.6 Å². The summed E-state index contributed by atoms with van der Waals surface area (Å²) in [7, 11) is 1.64. The number of rotatable bonds is 4. The summed E-state index contributed by atoms with van der Waals surface area (Å²) < 4.78 is 19.2. The van der Waals surface area contributed by atoms with Gasteiger partial charge in [-0.25, -0.2) is 9.67 Å². The number of hydrogen-bond donors (Lipinski definition) is 2. The number of fused-ring (bicyclic) bond motifs is 4. The molecule has 0 fully saturated rings. The number of carbonyl (C=O) groups is 2. The number of nitrogens with one attached hydrogen (secondary N) is 2. The highest BCUT2D eigenvalue weighted by molar-refractivity contribution is 5.94. The molecule has 0 saturated heterocycles. The van der Waals surface area contributed by atoms with Gasteiger partial charge in [0.25, 0.3) is 5.91 Å². The van der Waals surface area contributed by atoms with Crippen molar-refractivity contribution in [1.29, 1.82) is 0 Å². The molecule has 11 heteroatoms. The zero-order valence-corrected chi connectivity index (χ0v) is 26.1. The molecule has 3 heterocycles. The van der Waals surface area contributed by atoms with Crippen LogP contribution in [0.4, 0.5) is 0 Å². The Morgan fingerprint density at radius 1 is 0.978 bits per heavy atom. The van der Waals surface area contributed by atoms with Crippen LogP contribution in [0.3, 0.4) is 0 Å². The monoisotopic (exact) mass is 622 g/mol. The summed E-state index contributed by atoms with van der Waals surface area (Å²) in [6.45, 7) is 4.77. The highest BCUT2D eigenvalue weighted by atomic mass is 16.5. The first-order valence-corrected chi connectivity index (χ1v) is 15.5. The number of nitrogens with zero attached hydrogens (tertiary/aromatic N) is 4. The summed E-state index contributed by atoms with van der Waals surface area (Å²) in [6, 6.07) is 22.2. The van der Waals surface area contributed by atoms with Gasteiger partial charge in [-0.15, -0.1) is 0 Å². The minimum atomic E-state index is -0.405. The lowest BCUT2D eigenvalue weighted by atomic mass is 10.1. The second kappa shape index (κ2) is 14.3. The lowest BCUT2D eigenvalue weighted by Gasteiger charge is -2.26.